The van der Waals surface area contributed by atoms with Crippen LogP contribution in [0.25, 0.3) is 5.65 Å². The van der Waals surface area contributed by atoms with Gasteiger partial charge in [-0.05, 0) is 30.2 Å². The SMILES string of the molecule is Fc1ccccc1CCNc1ccc2nnc(C(F)(F)F)n2n1. The van der Waals surface area contributed by atoms with Crippen LogP contribution in [0.1, 0.15) is 11.4 Å². The summed E-state index contributed by atoms with van der Waals surface area (Å²) in [6.45, 7) is 0.322. The largest absolute Gasteiger partial charge is 0.453 e. The first-order valence-corrected chi connectivity index (χ1v) is 6.72. The Kier molecular flexibility index (Phi) is 3.85. The van der Waals surface area contributed by atoms with Gasteiger partial charge in [0.05, 0.1) is 0 Å². The fourth-order valence-electron chi connectivity index (χ4n) is 2.09. The van der Waals surface area contributed by atoms with Crippen LogP contribution in [-0.2, 0) is 12.6 Å². The highest BCUT2D eigenvalue weighted by Gasteiger charge is 2.37. The summed E-state index contributed by atoms with van der Waals surface area (Å²) in [4.78, 5) is 0. The van der Waals surface area contributed by atoms with Crippen molar-refractivity contribution < 1.29 is 17.6 Å². The number of alkyl halides is 3. The van der Waals surface area contributed by atoms with Crippen molar-refractivity contribution in [1.82, 2.24) is 19.8 Å². The first kappa shape index (κ1) is 15.2. The molecule has 0 spiro atoms. The summed E-state index contributed by atoms with van der Waals surface area (Å²) in [5, 5.41) is 13.2. The van der Waals surface area contributed by atoms with E-state index in [1.807, 2.05) is 0 Å². The lowest BCUT2D eigenvalue weighted by atomic mass is 10.1. The second-order valence-electron chi connectivity index (χ2n) is 4.78. The molecule has 3 aromatic rings. The number of anilines is 1. The van der Waals surface area contributed by atoms with Crippen LogP contribution in [0.5, 0.6) is 0 Å². The van der Waals surface area contributed by atoms with Crippen molar-refractivity contribution in [2.75, 3.05) is 11.9 Å². The molecule has 0 aliphatic carbocycles. The molecule has 0 aliphatic heterocycles. The molecule has 2 aromatic heterocycles. The molecule has 1 N–H and O–H groups in total. The number of rotatable bonds is 4. The molecule has 0 fully saturated rings. The Morgan fingerprint density at radius 2 is 1.83 bits per heavy atom. The van der Waals surface area contributed by atoms with Gasteiger partial charge < -0.3 is 5.32 Å². The van der Waals surface area contributed by atoms with Crippen molar-refractivity contribution in [3.63, 3.8) is 0 Å². The van der Waals surface area contributed by atoms with Crippen LogP contribution in [0.4, 0.5) is 23.4 Å². The fourth-order valence-corrected chi connectivity index (χ4v) is 2.09. The second-order valence-corrected chi connectivity index (χ2v) is 4.78. The minimum atomic E-state index is -4.64. The lowest BCUT2D eigenvalue weighted by Gasteiger charge is -2.08. The van der Waals surface area contributed by atoms with Crippen molar-refractivity contribution in [3.05, 3.63) is 53.6 Å². The molecule has 0 aliphatic rings. The van der Waals surface area contributed by atoms with Gasteiger partial charge in [-0.15, -0.1) is 15.3 Å². The Labute approximate surface area is 128 Å². The zero-order valence-corrected chi connectivity index (χ0v) is 11.7. The molecule has 0 bridgehead atoms. The summed E-state index contributed by atoms with van der Waals surface area (Å²) >= 11 is 0. The van der Waals surface area contributed by atoms with Gasteiger partial charge in [0, 0.05) is 6.54 Å². The number of nitrogens with one attached hydrogen (secondary N) is 1. The minimum absolute atomic E-state index is 0.00280. The molecule has 9 heteroatoms. The van der Waals surface area contributed by atoms with Gasteiger partial charge >= 0.3 is 6.18 Å². The van der Waals surface area contributed by atoms with E-state index < -0.39 is 12.0 Å². The Balaban J connectivity index is 1.75. The predicted octanol–water partition coefficient (Wildman–Crippen LogP) is 2.94. The van der Waals surface area contributed by atoms with Crippen molar-refractivity contribution in [2.45, 2.75) is 12.6 Å². The highest BCUT2D eigenvalue weighted by molar-refractivity contribution is 5.44. The molecule has 0 unspecified atom stereocenters. The standard InChI is InChI=1S/C14H11F4N5/c15-10-4-2-1-3-9(10)7-8-19-11-5-6-12-20-21-13(14(16,17)18)23(12)22-11/h1-6H,7-8H2,(H,19,22). The van der Waals surface area contributed by atoms with E-state index in [4.69, 9.17) is 0 Å². The van der Waals surface area contributed by atoms with Gasteiger partial charge in [-0.3, -0.25) is 0 Å². The van der Waals surface area contributed by atoms with Gasteiger partial charge in [-0.2, -0.15) is 17.7 Å². The number of hydrogen-bond acceptors (Lipinski definition) is 4. The summed E-state index contributed by atoms with van der Waals surface area (Å²) in [6, 6.07) is 9.18. The third-order valence-corrected chi connectivity index (χ3v) is 3.17. The highest BCUT2D eigenvalue weighted by Crippen LogP contribution is 2.27. The number of halogens is 4. The summed E-state index contributed by atoms with van der Waals surface area (Å²) < 4.78 is 52.4. The maximum absolute atomic E-state index is 13.5. The average Bonchev–Trinajstić information content (AvgIpc) is 2.92. The lowest BCUT2D eigenvalue weighted by Crippen LogP contribution is -2.14. The second kappa shape index (κ2) is 5.82. The van der Waals surface area contributed by atoms with E-state index in [9.17, 15) is 17.6 Å². The van der Waals surface area contributed by atoms with E-state index >= 15 is 0 Å². The fraction of sp³-hybridized carbons (Fsp3) is 0.214. The van der Waals surface area contributed by atoms with Crippen molar-refractivity contribution in [1.29, 1.82) is 0 Å². The van der Waals surface area contributed by atoms with Crippen LogP contribution in [0.3, 0.4) is 0 Å². The molecule has 0 radical (unpaired) electrons. The molecular weight excluding hydrogens is 314 g/mol. The van der Waals surface area contributed by atoms with E-state index in [1.54, 1.807) is 18.2 Å². The number of fused-ring (bicyclic) bond motifs is 1. The van der Waals surface area contributed by atoms with Gasteiger partial charge in [0.1, 0.15) is 11.6 Å². The monoisotopic (exact) mass is 325 g/mol. The molecule has 5 nitrogen and oxygen atoms in total. The molecule has 0 saturated carbocycles. The molecule has 0 atom stereocenters. The van der Waals surface area contributed by atoms with Crippen LogP contribution in [0, 0.1) is 5.82 Å². The topological polar surface area (TPSA) is 55.1 Å². The number of benzene rings is 1. The highest BCUT2D eigenvalue weighted by atomic mass is 19.4. The molecular formula is C14H11F4N5. The Morgan fingerprint density at radius 3 is 2.57 bits per heavy atom. The van der Waals surface area contributed by atoms with Crippen LogP contribution >= 0.6 is 0 Å². The average molecular weight is 325 g/mol. The van der Waals surface area contributed by atoms with Crippen LogP contribution in [-0.4, -0.2) is 26.4 Å². The van der Waals surface area contributed by atoms with E-state index in [1.165, 1.54) is 18.2 Å². The Bertz CT molecular complexity index is 827. The normalized spacial score (nSPS) is 11.8. The molecule has 0 amide bonds. The van der Waals surface area contributed by atoms with Gasteiger partial charge in [0.2, 0.25) is 0 Å². The molecule has 1 aromatic carbocycles. The van der Waals surface area contributed by atoms with Crippen LogP contribution in [0.2, 0.25) is 0 Å². The van der Waals surface area contributed by atoms with Crippen molar-refractivity contribution in [2.24, 2.45) is 0 Å². The lowest BCUT2D eigenvalue weighted by molar-refractivity contribution is -0.146. The first-order valence-electron chi connectivity index (χ1n) is 6.72. The third kappa shape index (κ3) is 3.22. The summed E-state index contributed by atoms with van der Waals surface area (Å²) in [5.41, 5.74) is 0.512. The molecule has 3 rings (SSSR count). The van der Waals surface area contributed by atoms with E-state index in [2.05, 4.69) is 20.6 Å². The summed E-state index contributed by atoms with van der Waals surface area (Å²) in [5.74, 6) is -1.29. The Morgan fingerprint density at radius 1 is 1.04 bits per heavy atom. The van der Waals surface area contributed by atoms with E-state index in [-0.39, 0.29) is 17.3 Å². The van der Waals surface area contributed by atoms with Gasteiger partial charge in [0.25, 0.3) is 5.82 Å². The number of hydrogen-bond donors (Lipinski definition) is 1. The number of aromatic nitrogens is 4. The smallest absolute Gasteiger partial charge is 0.368 e. The van der Waals surface area contributed by atoms with Crippen LogP contribution in [0.15, 0.2) is 36.4 Å². The van der Waals surface area contributed by atoms with Gasteiger partial charge in [-0.25, -0.2) is 4.39 Å². The van der Waals surface area contributed by atoms with Crippen molar-refractivity contribution in [3.8, 4) is 0 Å². The molecule has 2 heterocycles. The summed E-state index contributed by atoms with van der Waals surface area (Å²) in [6.07, 6.45) is -4.26. The number of nitrogens with zero attached hydrogens (tertiary/aromatic N) is 4. The first-order chi connectivity index (χ1) is 10.9. The zero-order valence-electron chi connectivity index (χ0n) is 11.7. The van der Waals surface area contributed by atoms with Crippen molar-refractivity contribution >= 4 is 11.5 Å². The molecule has 120 valence electrons. The summed E-state index contributed by atoms with van der Waals surface area (Å²) in [7, 11) is 0. The van der Waals surface area contributed by atoms with E-state index in [0.717, 1.165) is 0 Å². The maximum atomic E-state index is 13.5. The van der Waals surface area contributed by atoms with Crippen LogP contribution < -0.4 is 5.32 Å². The van der Waals surface area contributed by atoms with Gasteiger partial charge in [0.15, 0.2) is 5.65 Å². The minimum Gasteiger partial charge on any atom is -0.368 e. The molecule has 23 heavy (non-hydrogen) atoms. The third-order valence-electron chi connectivity index (χ3n) is 3.17. The zero-order chi connectivity index (χ0) is 16.4. The Hall–Kier alpha value is -2.71. The quantitative estimate of drug-likeness (QED) is 0.750. The maximum Gasteiger partial charge on any atom is 0.453 e. The van der Waals surface area contributed by atoms with Gasteiger partial charge in [-0.1, -0.05) is 18.2 Å². The predicted molar refractivity (Wildman–Crippen MR) is 74.4 cm³/mol. The molecule has 0 saturated heterocycles. The van der Waals surface area contributed by atoms with E-state index in [0.29, 0.717) is 23.0 Å².